The van der Waals surface area contributed by atoms with Crippen LogP contribution in [0.4, 0.5) is 5.69 Å². The number of fused-ring (bicyclic) bond motifs is 18. The van der Waals surface area contributed by atoms with Crippen molar-refractivity contribution in [3.63, 3.8) is 0 Å². The van der Waals surface area contributed by atoms with Gasteiger partial charge in [-0.15, -0.1) is 0 Å². The van der Waals surface area contributed by atoms with Gasteiger partial charge in [-0.05, 0) is 17.7 Å². The summed E-state index contributed by atoms with van der Waals surface area (Å²) in [6, 6.07) is 5.60. The predicted octanol–water partition coefficient (Wildman–Crippen LogP) is -2.03. The number of esters is 1. The molecule has 0 unspecified atom stereocenters. The van der Waals surface area contributed by atoms with E-state index in [2.05, 4.69) is 26.6 Å². The highest BCUT2D eigenvalue weighted by molar-refractivity contribution is 5.94. The lowest BCUT2D eigenvalue weighted by Crippen LogP contribution is -2.48. The smallest absolute Gasteiger partial charge is 0.328 e. The number of hydrogen-bond donors (Lipinski definition) is 5. The summed E-state index contributed by atoms with van der Waals surface area (Å²) in [5.74, 6) is -3.41. The predicted molar refractivity (Wildman–Crippen MR) is 111 cm³/mol. The van der Waals surface area contributed by atoms with Crippen molar-refractivity contribution in [1.82, 2.24) is 21.3 Å². The largest absolute Gasteiger partial charge is 0.467 e. The third-order valence-electron chi connectivity index (χ3n) is 4.42. The molecule has 0 spiro atoms. The topological polar surface area (TPSA) is 172 Å². The Hall–Kier alpha value is -3.96. The molecular formula is C20H25N5O7. The maximum atomic E-state index is 12.2. The Bertz CT molecular complexity index is 885. The number of benzene rings is 1. The number of carbonyl (C=O) groups excluding carboxylic acids is 6. The van der Waals surface area contributed by atoms with E-state index in [1.54, 1.807) is 24.3 Å². The minimum Gasteiger partial charge on any atom is -0.467 e. The normalized spacial score (nSPS) is 19.4. The Morgan fingerprint density at radius 3 is 1.91 bits per heavy atom. The van der Waals surface area contributed by atoms with Gasteiger partial charge in [0, 0.05) is 24.9 Å². The van der Waals surface area contributed by atoms with Crippen LogP contribution in [0.3, 0.4) is 0 Å². The van der Waals surface area contributed by atoms with Crippen molar-refractivity contribution in [1.29, 1.82) is 0 Å². The van der Waals surface area contributed by atoms with Gasteiger partial charge >= 0.3 is 5.97 Å². The molecule has 5 N–H and O–H groups in total. The van der Waals surface area contributed by atoms with Crippen LogP contribution in [-0.2, 0) is 39.9 Å². The highest BCUT2D eigenvalue weighted by Crippen LogP contribution is 2.12. The summed E-state index contributed by atoms with van der Waals surface area (Å²) in [6.07, 6.45) is -0.0862. The average Bonchev–Trinajstić information content (AvgIpc) is 2.78. The number of nitrogens with one attached hydrogen (secondary N) is 5. The summed E-state index contributed by atoms with van der Waals surface area (Å²) >= 11 is 0. The molecular weight excluding hydrogens is 422 g/mol. The van der Waals surface area contributed by atoms with E-state index in [9.17, 15) is 28.8 Å². The molecule has 0 fully saturated rings. The highest BCUT2D eigenvalue weighted by atomic mass is 16.5. The van der Waals surface area contributed by atoms with Crippen LogP contribution in [-0.4, -0.2) is 68.3 Å². The lowest BCUT2D eigenvalue weighted by atomic mass is 10.1. The zero-order chi connectivity index (χ0) is 23.5. The number of methoxy groups -OCH3 is 1. The maximum Gasteiger partial charge on any atom is 0.328 e. The summed E-state index contributed by atoms with van der Waals surface area (Å²) in [6.45, 7) is -1.18. The molecule has 1 aromatic rings. The second kappa shape index (κ2) is 12.0. The Balaban J connectivity index is 2.12. The van der Waals surface area contributed by atoms with E-state index in [4.69, 9.17) is 4.74 Å². The van der Waals surface area contributed by atoms with E-state index in [1.807, 2.05) is 0 Å². The van der Waals surface area contributed by atoms with Crippen LogP contribution in [0.5, 0.6) is 0 Å². The number of carbonyl (C=O) groups is 6. The number of anilines is 1. The van der Waals surface area contributed by atoms with E-state index in [0.717, 1.165) is 0 Å². The summed E-state index contributed by atoms with van der Waals surface area (Å²) in [4.78, 5) is 71.6. The SMILES string of the molecule is COC(=O)[C@@H]1Cc2ccc(cc2)NC(=O)CCC(=O)NCC(=O)NCC(=O)NCC(=O)N1. The molecule has 2 heterocycles. The van der Waals surface area contributed by atoms with Crippen molar-refractivity contribution in [3.05, 3.63) is 29.8 Å². The fraction of sp³-hybridized carbons (Fsp3) is 0.400. The van der Waals surface area contributed by atoms with E-state index in [-0.39, 0.29) is 31.7 Å². The van der Waals surface area contributed by atoms with Crippen molar-refractivity contribution in [2.45, 2.75) is 25.3 Å². The zero-order valence-corrected chi connectivity index (χ0v) is 17.5. The van der Waals surface area contributed by atoms with Gasteiger partial charge in [-0.3, -0.25) is 24.0 Å². The molecule has 2 bridgehead atoms. The van der Waals surface area contributed by atoms with Gasteiger partial charge in [-0.25, -0.2) is 4.79 Å². The Kier molecular flexibility index (Phi) is 9.14. The minimum atomic E-state index is -0.990. The summed E-state index contributed by atoms with van der Waals surface area (Å²) in [5, 5.41) is 12.1. The molecule has 3 rings (SSSR count). The molecule has 0 saturated heterocycles. The van der Waals surface area contributed by atoms with E-state index in [0.29, 0.717) is 11.3 Å². The van der Waals surface area contributed by atoms with Crippen molar-refractivity contribution in [3.8, 4) is 0 Å². The van der Waals surface area contributed by atoms with Gasteiger partial charge in [0.05, 0.1) is 26.7 Å². The third kappa shape index (κ3) is 8.42. The fourth-order valence-electron chi connectivity index (χ4n) is 2.74. The van der Waals surface area contributed by atoms with Crippen LogP contribution >= 0.6 is 0 Å². The van der Waals surface area contributed by atoms with E-state index < -0.39 is 48.7 Å². The van der Waals surface area contributed by atoms with Gasteiger partial charge in [0.15, 0.2) is 0 Å². The molecule has 0 aliphatic carbocycles. The quantitative estimate of drug-likeness (QED) is 0.244. The number of rotatable bonds is 1. The lowest BCUT2D eigenvalue weighted by Gasteiger charge is -2.17. The first-order valence-electron chi connectivity index (χ1n) is 9.83. The minimum absolute atomic E-state index is 0.0892. The standard InChI is InChI=1S/C20H25N5O7/c1-32-20(31)14-8-12-2-4-13(5-3-12)24-16(27)7-6-15(26)21-9-17(28)22-10-18(29)23-11-19(30)25-14/h2-5,14H,6-11H2,1H3,(H,21,26)(H,22,28)(H,23,29)(H,24,27)(H,25,30)/t14-/m0/s1. The van der Waals surface area contributed by atoms with Crippen LogP contribution in [0, 0.1) is 0 Å². The van der Waals surface area contributed by atoms with Crippen LogP contribution < -0.4 is 26.6 Å². The molecule has 32 heavy (non-hydrogen) atoms. The second-order valence-electron chi connectivity index (χ2n) is 6.92. The second-order valence-corrected chi connectivity index (χ2v) is 6.92. The molecule has 0 radical (unpaired) electrons. The van der Waals surface area contributed by atoms with Crippen LogP contribution in [0.2, 0.25) is 0 Å². The van der Waals surface area contributed by atoms with Gasteiger partial charge in [-0.1, -0.05) is 12.1 Å². The monoisotopic (exact) mass is 447 g/mol. The first-order chi connectivity index (χ1) is 15.3. The molecule has 2 aliphatic heterocycles. The van der Waals surface area contributed by atoms with Gasteiger partial charge in [0.2, 0.25) is 29.5 Å². The Labute approximate surface area is 183 Å². The molecule has 1 atom stereocenters. The van der Waals surface area contributed by atoms with Gasteiger partial charge in [-0.2, -0.15) is 0 Å². The van der Waals surface area contributed by atoms with Crippen molar-refractivity contribution < 1.29 is 33.5 Å². The molecule has 1 aromatic carbocycles. The van der Waals surface area contributed by atoms with Crippen LogP contribution in [0.15, 0.2) is 24.3 Å². The number of ether oxygens (including phenoxy) is 1. The van der Waals surface area contributed by atoms with Crippen LogP contribution in [0.25, 0.3) is 0 Å². The third-order valence-corrected chi connectivity index (χ3v) is 4.42. The maximum absolute atomic E-state index is 12.2. The van der Waals surface area contributed by atoms with Gasteiger partial charge < -0.3 is 31.3 Å². The van der Waals surface area contributed by atoms with E-state index in [1.165, 1.54) is 7.11 Å². The lowest BCUT2D eigenvalue weighted by molar-refractivity contribution is -0.145. The molecule has 172 valence electrons. The van der Waals surface area contributed by atoms with E-state index >= 15 is 0 Å². The molecule has 12 nitrogen and oxygen atoms in total. The summed E-state index contributed by atoms with van der Waals surface area (Å²) < 4.78 is 4.73. The molecule has 0 saturated carbocycles. The highest BCUT2D eigenvalue weighted by Gasteiger charge is 2.22. The zero-order valence-electron chi connectivity index (χ0n) is 17.5. The molecule has 2 aliphatic rings. The first-order valence-corrected chi connectivity index (χ1v) is 9.83. The first kappa shape index (κ1) is 24.3. The Morgan fingerprint density at radius 1 is 0.781 bits per heavy atom. The fourth-order valence-corrected chi connectivity index (χ4v) is 2.74. The molecule has 0 aromatic heterocycles. The summed E-state index contributed by atoms with van der Waals surface area (Å²) in [7, 11) is 1.19. The van der Waals surface area contributed by atoms with Gasteiger partial charge in [0.1, 0.15) is 6.04 Å². The average molecular weight is 447 g/mol. The molecule has 5 amide bonds. The van der Waals surface area contributed by atoms with Crippen LogP contribution in [0.1, 0.15) is 18.4 Å². The molecule has 12 heteroatoms. The summed E-state index contributed by atoms with van der Waals surface area (Å²) in [5.41, 5.74) is 1.18. The number of hydrogen-bond acceptors (Lipinski definition) is 7. The van der Waals surface area contributed by atoms with Crippen molar-refractivity contribution >= 4 is 41.2 Å². The Morgan fingerprint density at radius 2 is 1.31 bits per heavy atom. The van der Waals surface area contributed by atoms with Gasteiger partial charge in [0.25, 0.3) is 0 Å². The number of amides is 5. The van der Waals surface area contributed by atoms with Crippen molar-refractivity contribution in [2.24, 2.45) is 0 Å². The van der Waals surface area contributed by atoms with Crippen molar-refractivity contribution in [2.75, 3.05) is 32.1 Å².